The van der Waals surface area contributed by atoms with Gasteiger partial charge in [-0.1, -0.05) is 0 Å². The Labute approximate surface area is 102 Å². The monoisotopic (exact) mass is 318 g/mol. The molecule has 1 aliphatic rings. The van der Waals surface area contributed by atoms with Gasteiger partial charge in [0.05, 0.1) is 7.11 Å². The van der Waals surface area contributed by atoms with Crippen LogP contribution in [0.4, 0.5) is 0 Å². The van der Waals surface area contributed by atoms with E-state index in [1.165, 1.54) is 0 Å². The highest BCUT2D eigenvalue weighted by molar-refractivity contribution is 14.1. The average molecular weight is 318 g/mol. The van der Waals surface area contributed by atoms with Crippen molar-refractivity contribution < 1.29 is 14.3 Å². The second-order valence-electron chi connectivity index (χ2n) is 3.52. The van der Waals surface area contributed by atoms with Crippen LogP contribution in [0.2, 0.25) is 0 Å². The van der Waals surface area contributed by atoms with Crippen LogP contribution >= 0.6 is 22.6 Å². The van der Waals surface area contributed by atoms with Crippen molar-refractivity contribution in [1.82, 2.24) is 0 Å². The standard InChI is InChI=1S/C11H11IO3/c1-6-5-7-8(12)3-4-9(14-2)10(7)11(13)15-6/h3-4,6H,5H2,1-2H3. The highest BCUT2D eigenvalue weighted by Gasteiger charge is 2.28. The van der Waals surface area contributed by atoms with E-state index in [-0.39, 0.29) is 12.1 Å². The van der Waals surface area contributed by atoms with Crippen molar-refractivity contribution in [2.45, 2.75) is 19.4 Å². The quantitative estimate of drug-likeness (QED) is 0.589. The van der Waals surface area contributed by atoms with E-state index >= 15 is 0 Å². The third-order valence-electron chi connectivity index (χ3n) is 2.44. The number of carbonyl (C=O) groups excluding carboxylic acids is 1. The first-order valence-corrected chi connectivity index (χ1v) is 5.77. The van der Waals surface area contributed by atoms with Gasteiger partial charge in [0.1, 0.15) is 17.4 Å². The number of hydrogen-bond acceptors (Lipinski definition) is 3. The molecule has 80 valence electrons. The molecule has 3 nitrogen and oxygen atoms in total. The molecule has 1 aromatic carbocycles. The summed E-state index contributed by atoms with van der Waals surface area (Å²) >= 11 is 2.23. The molecule has 0 saturated carbocycles. The molecular formula is C11H11IO3. The minimum Gasteiger partial charge on any atom is -0.496 e. The maximum atomic E-state index is 11.7. The van der Waals surface area contributed by atoms with Gasteiger partial charge in [-0.2, -0.15) is 0 Å². The van der Waals surface area contributed by atoms with Crippen LogP contribution in [0.25, 0.3) is 0 Å². The van der Waals surface area contributed by atoms with Gasteiger partial charge in [0.25, 0.3) is 0 Å². The number of halogens is 1. The maximum Gasteiger partial charge on any atom is 0.342 e. The molecule has 2 rings (SSSR count). The minimum atomic E-state index is -0.279. The highest BCUT2D eigenvalue weighted by atomic mass is 127. The van der Waals surface area contributed by atoms with Crippen molar-refractivity contribution in [3.05, 3.63) is 26.8 Å². The van der Waals surface area contributed by atoms with Crippen LogP contribution in [0.15, 0.2) is 12.1 Å². The molecule has 15 heavy (non-hydrogen) atoms. The van der Waals surface area contributed by atoms with Crippen LogP contribution < -0.4 is 4.74 Å². The Bertz CT molecular complexity index is 415. The molecular weight excluding hydrogens is 307 g/mol. The van der Waals surface area contributed by atoms with Crippen molar-refractivity contribution >= 4 is 28.6 Å². The van der Waals surface area contributed by atoms with Crippen LogP contribution in [-0.2, 0) is 11.2 Å². The third kappa shape index (κ3) is 1.82. The van der Waals surface area contributed by atoms with Gasteiger partial charge in [-0.05, 0) is 47.2 Å². The third-order valence-corrected chi connectivity index (χ3v) is 3.45. The zero-order valence-electron chi connectivity index (χ0n) is 8.54. The SMILES string of the molecule is COc1ccc(I)c2c1C(=O)OC(C)C2. The van der Waals surface area contributed by atoms with Gasteiger partial charge in [-0.3, -0.25) is 0 Å². The number of methoxy groups -OCH3 is 1. The first-order chi connectivity index (χ1) is 7.13. The number of carbonyl (C=O) groups is 1. The zero-order chi connectivity index (χ0) is 11.0. The molecule has 1 atom stereocenters. The lowest BCUT2D eigenvalue weighted by molar-refractivity contribution is 0.0296. The molecule has 1 aliphatic heterocycles. The molecule has 4 heteroatoms. The number of esters is 1. The number of cyclic esters (lactones) is 1. The Morgan fingerprint density at radius 1 is 1.53 bits per heavy atom. The van der Waals surface area contributed by atoms with E-state index in [0.717, 1.165) is 15.6 Å². The summed E-state index contributed by atoms with van der Waals surface area (Å²) in [5.74, 6) is 0.321. The summed E-state index contributed by atoms with van der Waals surface area (Å²) in [7, 11) is 1.56. The van der Waals surface area contributed by atoms with Gasteiger partial charge < -0.3 is 9.47 Å². The van der Waals surface area contributed by atoms with E-state index in [0.29, 0.717) is 11.3 Å². The molecule has 1 unspecified atom stereocenters. The van der Waals surface area contributed by atoms with Crippen molar-refractivity contribution in [2.75, 3.05) is 7.11 Å². The molecule has 0 fully saturated rings. The fraction of sp³-hybridized carbons (Fsp3) is 0.364. The van der Waals surface area contributed by atoms with Gasteiger partial charge in [-0.25, -0.2) is 4.79 Å². The lowest BCUT2D eigenvalue weighted by Crippen LogP contribution is -2.26. The minimum absolute atomic E-state index is 0.0503. The van der Waals surface area contributed by atoms with Gasteiger partial charge in [0.15, 0.2) is 0 Å². The van der Waals surface area contributed by atoms with E-state index in [4.69, 9.17) is 9.47 Å². The summed E-state index contributed by atoms with van der Waals surface area (Å²) in [6.07, 6.45) is 0.710. The summed E-state index contributed by atoms with van der Waals surface area (Å²) in [6.45, 7) is 1.90. The molecule has 0 bridgehead atoms. The summed E-state index contributed by atoms with van der Waals surface area (Å²) in [5.41, 5.74) is 1.63. The highest BCUT2D eigenvalue weighted by Crippen LogP contribution is 2.32. The number of rotatable bonds is 1. The maximum absolute atomic E-state index is 11.7. The van der Waals surface area contributed by atoms with Gasteiger partial charge in [-0.15, -0.1) is 0 Å². The van der Waals surface area contributed by atoms with Gasteiger partial charge in [0.2, 0.25) is 0 Å². The van der Waals surface area contributed by atoms with Crippen molar-refractivity contribution in [1.29, 1.82) is 0 Å². The van der Waals surface area contributed by atoms with E-state index in [1.54, 1.807) is 13.2 Å². The van der Waals surface area contributed by atoms with Gasteiger partial charge in [0, 0.05) is 9.99 Å². The predicted molar refractivity (Wildman–Crippen MR) is 64.3 cm³/mol. The van der Waals surface area contributed by atoms with Crippen LogP contribution in [-0.4, -0.2) is 19.2 Å². The van der Waals surface area contributed by atoms with Crippen molar-refractivity contribution in [3.63, 3.8) is 0 Å². The summed E-state index contributed by atoms with van der Waals surface area (Å²) in [5, 5.41) is 0. The molecule has 1 aromatic rings. The van der Waals surface area contributed by atoms with E-state index < -0.39 is 0 Å². The van der Waals surface area contributed by atoms with Gasteiger partial charge >= 0.3 is 5.97 Å². The normalized spacial score (nSPS) is 19.4. The second kappa shape index (κ2) is 4.00. The van der Waals surface area contributed by atoms with E-state index in [1.807, 2.05) is 13.0 Å². The molecule has 0 radical (unpaired) electrons. The summed E-state index contributed by atoms with van der Waals surface area (Å²) in [6, 6.07) is 3.77. The predicted octanol–water partition coefficient (Wildman–Crippen LogP) is 2.40. The number of fused-ring (bicyclic) bond motifs is 1. The van der Waals surface area contributed by atoms with Crippen molar-refractivity contribution in [3.8, 4) is 5.75 Å². The second-order valence-corrected chi connectivity index (χ2v) is 4.69. The van der Waals surface area contributed by atoms with Crippen LogP contribution in [0.1, 0.15) is 22.8 Å². The lowest BCUT2D eigenvalue weighted by atomic mass is 9.98. The first-order valence-electron chi connectivity index (χ1n) is 4.70. The van der Waals surface area contributed by atoms with E-state index in [2.05, 4.69) is 22.6 Å². The van der Waals surface area contributed by atoms with Crippen LogP contribution in [0, 0.1) is 3.57 Å². The molecule has 0 N–H and O–H groups in total. The summed E-state index contributed by atoms with van der Waals surface area (Å²) in [4.78, 5) is 11.7. The Morgan fingerprint density at radius 2 is 2.27 bits per heavy atom. The average Bonchev–Trinajstić information content (AvgIpc) is 2.19. The Kier molecular flexibility index (Phi) is 2.86. The van der Waals surface area contributed by atoms with Crippen LogP contribution in [0.3, 0.4) is 0 Å². The van der Waals surface area contributed by atoms with Crippen LogP contribution in [0.5, 0.6) is 5.75 Å². The van der Waals surface area contributed by atoms with Crippen molar-refractivity contribution in [2.24, 2.45) is 0 Å². The lowest BCUT2D eigenvalue weighted by Gasteiger charge is -2.24. The molecule has 0 spiro atoms. The smallest absolute Gasteiger partial charge is 0.342 e. The molecule has 1 heterocycles. The molecule has 0 amide bonds. The molecule has 0 aliphatic carbocycles. The number of benzene rings is 1. The largest absolute Gasteiger partial charge is 0.496 e. The summed E-state index contributed by atoms with van der Waals surface area (Å²) < 4.78 is 11.4. The number of ether oxygens (including phenoxy) is 2. The Balaban J connectivity index is 2.61. The number of hydrogen-bond donors (Lipinski definition) is 0. The Hall–Kier alpha value is -0.780. The molecule has 0 aromatic heterocycles. The first kappa shape index (κ1) is 10.7. The van der Waals surface area contributed by atoms with E-state index in [9.17, 15) is 4.79 Å². The Morgan fingerprint density at radius 3 is 2.93 bits per heavy atom. The topological polar surface area (TPSA) is 35.5 Å². The fourth-order valence-corrected chi connectivity index (χ4v) is 2.43. The zero-order valence-corrected chi connectivity index (χ0v) is 10.7. The fourth-order valence-electron chi connectivity index (χ4n) is 1.77. The molecule has 0 saturated heterocycles.